The van der Waals surface area contributed by atoms with Crippen LogP contribution < -0.4 is 0 Å². The number of likely N-dealkylation sites (tertiary alicyclic amines) is 1. The average molecular weight is 355 g/mol. The van der Waals surface area contributed by atoms with E-state index in [1.165, 1.54) is 0 Å². The molecule has 0 bridgehead atoms. The Balaban J connectivity index is 1.54. The summed E-state index contributed by atoms with van der Waals surface area (Å²) in [7, 11) is 0. The van der Waals surface area contributed by atoms with E-state index in [1.807, 2.05) is 35.2 Å². The van der Waals surface area contributed by atoms with E-state index < -0.39 is 0 Å². The SMILES string of the molecule is C=CCOC[C@]12CCCO[C@@H]1CCN(C(=O)c1cc3ccccc3o1)C2. The highest BCUT2D eigenvalue weighted by Gasteiger charge is 2.47. The number of amides is 1. The average Bonchev–Trinajstić information content (AvgIpc) is 3.11. The summed E-state index contributed by atoms with van der Waals surface area (Å²) < 4.78 is 17.6. The van der Waals surface area contributed by atoms with E-state index in [-0.39, 0.29) is 17.4 Å². The minimum absolute atomic E-state index is 0.0479. The highest BCUT2D eigenvalue weighted by atomic mass is 16.5. The first kappa shape index (κ1) is 17.3. The van der Waals surface area contributed by atoms with Crippen LogP contribution in [0.25, 0.3) is 11.0 Å². The minimum Gasteiger partial charge on any atom is -0.451 e. The van der Waals surface area contributed by atoms with Crippen LogP contribution >= 0.6 is 0 Å². The molecule has 5 heteroatoms. The molecule has 2 aliphatic heterocycles. The minimum atomic E-state index is -0.138. The largest absolute Gasteiger partial charge is 0.451 e. The van der Waals surface area contributed by atoms with Gasteiger partial charge in [-0.2, -0.15) is 0 Å². The number of piperidine rings is 1. The zero-order valence-corrected chi connectivity index (χ0v) is 15.0. The molecule has 0 N–H and O–H groups in total. The molecular weight excluding hydrogens is 330 g/mol. The molecule has 2 aliphatic rings. The second-order valence-corrected chi connectivity index (χ2v) is 7.29. The van der Waals surface area contributed by atoms with Gasteiger partial charge in [-0.25, -0.2) is 0 Å². The van der Waals surface area contributed by atoms with E-state index >= 15 is 0 Å². The third-order valence-electron chi connectivity index (χ3n) is 5.54. The third-order valence-corrected chi connectivity index (χ3v) is 5.54. The zero-order chi connectivity index (χ0) is 18.0. The van der Waals surface area contributed by atoms with Crippen LogP contribution in [0.2, 0.25) is 0 Å². The van der Waals surface area contributed by atoms with Crippen molar-refractivity contribution in [2.75, 3.05) is 32.9 Å². The van der Waals surface area contributed by atoms with Gasteiger partial charge in [0, 0.05) is 30.5 Å². The Morgan fingerprint density at radius 1 is 1.42 bits per heavy atom. The Morgan fingerprint density at radius 2 is 2.31 bits per heavy atom. The van der Waals surface area contributed by atoms with Gasteiger partial charge in [0.15, 0.2) is 5.76 Å². The smallest absolute Gasteiger partial charge is 0.289 e. The Labute approximate surface area is 153 Å². The predicted molar refractivity (Wildman–Crippen MR) is 99.2 cm³/mol. The second-order valence-electron chi connectivity index (χ2n) is 7.29. The van der Waals surface area contributed by atoms with Crippen LogP contribution in [0, 0.1) is 5.41 Å². The third kappa shape index (κ3) is 3.17. The maximum absolute atomic E-state index is 13.1. The molecule has 0 saturated carbocycles. The molecule has 0 aliphatic carbocycles. The zero-order valence-electron chi connectivity index (χ0n) is 15.0. The summed E-state index contributed by atoms with van der Waals surface area (Å²) in [5.41, 5.74) is 0.608. The molecule has 2 saturated heterocycles. The van der Waals surface area contributed by atoms with Crippen LogP contribution in [-0.2, 0) is 9.47 Å². The van der Waals surface area contributed by atoms with Crippen molar-refractivity contribution in [1.29, 1.82) is 0 Å². The summed E-state index contributed by atoms with van der Waals surface area (Å²) >= 11 is 0. The van der Waals surface area contributed by atoms with Gasteiger partial charge in [0.05, 0.1) is 19.3 Å². The summed E-state index contributed by atoms with van der Waals surface area (Å²) in [5, 5.41) is 0.954. The number of furan rings is 1. The highest BCUT2D eigenvalue weighted by Crippen LogP contribution is 2.41. The van der Waals surface area contributed by atoms with Crippen molar-refractivity contribution in [3.05, 3.63) is 48.7 Å². The van der Waals surface area contributed by atoms with Crippen LogP contribution in [-0.4, -0.2) is 49.8 Å². The quantitative estimate of drug-likeness (QED) is 0.607. The van der Waals surface area contributed by atoms with Gasteiger partial charge in [-0.05, 0) is 31.4 Å². The summed E-state index contributed by atoms with van der Waals surface area (Å²) in [5.74, 6) is 0.358. The Kier molecular flexibility index (Phi) is 4.83. The molecular formula is C21H25NO4. The first-order valence-corrected chi connectivity index (χ1v) is 9.30. The molecule has 1 aromatic heterocycles. The first-order valence-electron chi connectivity index (χ1n) is 9.30. The van der Waals surface area contributed by atoms with Crippen molar-refractivity contribution in [2.24, 2.45) is 5.41 Å². The molecule has 3 heterocycles. The van der Waals surface area contributed by atoms with Gasteiger partial charge in [0.2, 0.25) is 0 Å². The topological polar surface area (TPSA) is 51.9 Å². The van der Waals surface area contributed by atoms with Crippen molar-refractivity contribution in [2.45, 2.75) is 25.4 Å². The van der Waals surface area contributed by atoms with Crippen molar-refractivity contribution in [3.8, 4) is 0 Å². The van der Waals surface area contributed by atoms with Gasteiger partial charge in [-0.1, -0.05) is 24.3 Å². The lowest BCUT2D eigenvalue weighted by Crippen LogP contribution is -2.58. The van der Waals surface area contributed by atoms with Crippen molar-refractivity contribution in [3.63, 3.8) is 0 Å². The monoisotopic (exact) mass is 355 g/mol. The fraction of sp³-hybridized carbons (Fsp3) is 0.476. The number of carbonyl (C=O) groups excluding carboxylic acids is 1. The van der Waals surface area contributed by atoms with Crippen LogP contribution in [0.5, 0.6) is 0 Å². The summed E-state index contributed by atoms with van der Waals surface area (Å²) in [4.78, 5) is 15.0. The molecule has 2 fully saturated rings. The van der Waals surface area contributed by atoms with Crippen molar-refractivity contribution >= 4 is 16.9 Å². The van der Waals surface area contributed by atoms with Gasteiger partial charge in [0.1, 0.15) is 5.58 Å². The number of benzene rings is 1. The van der Waals surface area contributed by atoms with E-state index in [9.17, 15) is 4.79 Å². The maximum Gasteiger partial charge on any atom is 0.289 e. The molecule has 1 aromatic carbocycles. The van der Waals surface area contributed by atoms with Crippen LogP contribution in [0.4, 0.5) is 0 Å². The molecule has 4 rings (SSSR count). The van der Waals surface area contributed by atoms with Crippen molar-refractivity contribution in [1.82, 2.24) is 4.90 Å². The molecule has 0 spiro atoms. The molecule has 5 nitrogen and oxygen atoms in total. The molecule has 26 heavy (non-hydrogen) atoms. The number of ether oxygens (including phenoxy) is 2. The summed E-state index contributed by atoms with van der Waals surface area (Å²) in [6.07, 6.45) is 4.76. The fourth-order valence-electron chi connectivity index (χ4n) is 4.26. The van der Waals surface area contributed by atoms with Crippen molar-refractivity contribution < 1.29 is 18.7 Å². The number of fused-ring (bicyclic) bond motifs is 2. The number of rotatable bonds is 5. The Bertz CT molecular complexity index is 765. The molecule has 1 amide bonds. The van der Waals surface area contributed by atoms with Gasteiger partial charge >= 0.3 is 0 Å². The van der Waals surface area contributed by atoms with Crippen LogP contribution in [0.3, 0.4) is 0 Å². The van der Waals surface area contributed by atoms with Gasteiger partial charge in [-0.15, -0.1) is 6.58 Å². The first-order chi connectivity index (χ1) is 12.7. The number of nitrogens with zero attached hydrogens (tertiary/aromatic N) is 1. The fourth-order valence-corrected chi connectivity index (χ4v) is 4.26. The molecule has 2 atom stereocenters. The molecule has 0 radical (unpaired) electrons. The summed E-state index contributed by atoms with van der Waals surface area (Å²) in [6, 6.07) is 9.54. The normalized spacial score (nSPS) is 25.8. The molecule has 2 aromatic rings. The lowest BCUT2D eigenvalue weighted by molar-refractivity contribution is -0.145. The number of hydrogen-bond acceptors (Lipinski definition) is 4. The number of carbonyl (C=O) groups is 1. The van der Waals surface area contributed by atoms with Crippen LogP contribution in [0.1, 0.15) is 29.8 Å². The van der Waals surface area contributed by atoms with E-state index in [1.54, 1.807) is 6.08 Å². The van der Waals surface area contributed by atoms with Gasteiger partial charge < -0.3 is 18.8 Å². The Hall–Kier alpha value is -2.11. The standard InChI is InChI=1S/C21H25NO4/c1-2-11-24-15-21-9-5-12-25-19(21)8-10-22(14-21)20(23)18-13-16-6-3-4-7-17(16)26-18/h2-4,6-7,13,19H,1,5,8-12,14-15H2/t19-,21-/m1/s1. The van der Waals surface area contributed by atoms with Gasteiger partial charge in [0.25, 0.3) is 5.91 Å². The molecule has 0 unspecified atom stereocenters. The number of hydrogen-bond donors (Lipinski definition) is 0. The van der Waals surface area contributed by atoms with E-state index in [4.69, 9.17) is 13.9 Å². The molecule has 138 valence electrons. The summed E-state index contributed by atoms with van der Waals surface area (Å²) in [6.45, 7) is 6.95. The van der Waals surface area contributed by atoms with Gasteiger partial charge in [-0.3, -0.25) is 4.79 Å². The lowest BCUT2D eigenvalue weighted by atomic mass is 9.73. The predicted octanol–water partition coefficient (Wildman–Crippen LogP) is 3.65. The van der Waals surface area contributed by atoms with E-state index in [0.717, 1.165) is 36.8 Å². The van der Waals surface area contributed by atoms with E-state index in [0.29, 0.717) is 32.1 Å². The maximum atomic E-state index is 13.1. The van der Waals surface area contributed by atoms with Crippen LogP contribution in [0.15, 0.2) is 47.4 Å². The highest BCUT2D eigenvalue weighted by molar-refractivity contribution is 5.96. The second kappa shape index (κ2) is 7.25. The van der Waals surface area contributed by atoms with E-state index in [2.05, 4.69) is 6.58 Å². The lowest BCUT2D eigenvalue weighted by Gasteiger charge is -2.50. The number of para-hydroxylation sites is 1. The Morgan fingerprint density at radius 3 is 3.15 bits per heavy atom.